The van der Waals surface area contributed by atoms with Gasteiger partial charge in [0.25, 0.3) is 0 Å². The third-order valence-electron chi connectivity index (χ3n) is 25.4. The normalized spacial score (nSPS) is 12.3. The Morgan fingerprint density at radius 2 is 0.585 bits per heavy atom. The number of fused-ring (bicyclic) bond motifs is 5. The molecule has 606 valence electrons. The summed E-state index contributed by atoms with van der Waals surface area (Å²) in [6.45, 7) is 45.3. The summed E-state index contributed by atoms with van der Waals surface area (Å²) in [7, 11) is 10.4. The Kier molecular flexibility index (Phi) is 25.5. The van der Waals surface area contributed by atoms with Gasteiger partial charge in [-0.05, 0) is 321 Å². The van der Waals surface area contributed by atoms with E-state index in [2.05, 4.69) is 288 Å². The van der Waals surface area contributed by atoms with Crippen LogP contribution in [-0.4, -0.2) is 0 Å². The van der Waals surface area contributed by atoms with Crippen molar-refractivity contribution in [3.8, 4) is 56.3 Å². The van der Waals surface area contributed by atoms with E-state index in [1.165, 1.54) is 143 Å². The molecular formula is C108H119F5N5+5. The molecule has 10 heteroatoms. The molecule has 1 saturated carbocycles. The summed E-state index contributed by atoms with van der Waals surface area (Å²) in [6.07, 6.45) is 5.28. The van der Waals surface area contributed by atoms with Crippen LogP contribution in [0.5, 0.6) is 0 Å². The molecule has 0 aliphatic heterocycles. The summed E-state index contributed by atoms with van der Waals surface area (Å²) in [5.41, 5.74) is 35.9. The summed E-state index contributed by atoms with van der Waals surface area (Å²) in [4.78, 5) is 0. The number of rotatable bonds is 7. The maximum atomic E-state index is 13.8. The van der Waals surface area contributed by atoms with Crippen LogP contribution < -0.4 is 22.8 Å². The van der Waals surface area contributed by atoms with E-state index in [0.717, 1.165) is 105 Å². The van der Waals surface area contributed by atoms with Gasteiger partial charge in [0.15, 0.2) is 28.5 Å². The van der Waals surface area contributed by atoms with Crippen molar-refractivity contribution in [3.63, 3.8) is 0 Å². The predicted molar refractivity (Wildman–Crippen MR) is 482 cm³/mol. The second-order valence-corrected chi connectivity index (χ2v) is 35.1. The number of pyridine rings is 5. The minimum Gasteiger partial charge on any atom is -0.207 e. The number of benzene rings is 10. The molecule has 15 aromatic rings. The number of halogens is 5. The molecule has 118 heavy (non-hydrogen) atoms. The molecule has 5 nitrogen and oxygen atoms in total. The van der Waals surface area contributed by atoms with E-state index in [4.69, 9.17) is 0 Å². The molecule has 1 fully saturated rings. The van der Waals surface area contributed by atoms with Gasteiger partial charge < -0.3 is 0 Å². The smallest absolute Gasteiger partial charge is 0.207 e. The van der Waals surface area contributed by atoms with E-state index in [0.29, 0.717) is 11.8 Å². The summed E-state index contributed by atoms with van der Waals surface area (Å²) < 4.78 is 79.5. The molecule has 0 amide bonds. The van der Waals surface area contributed by atoms with E-state index in [9.17, 15) is 22.0 Å². The summed E-state index contributed by atoms with van der Waals surface area (Å²) >= 11 is 0. The minimum atomic E-state index is -0.192. The zero-order valence-corrected chi connectivity index (χ0v) is 74.5. The first-order valence-corrected chi connectivity index (χ1v) is 41.6. The van der Waals surface area contributed by atoms with Crippen LogP contribution in [0.3, 0.4) is 0 Å². The molecule has 5 heterocycles. The fourth-order valence-corrected chi connectivity index (χ4v) is 17.3. The van der Waals surface area contributed by atoms with Gasteiger partial charge in [-0.1, -0.05) is 95.0 Å². The number of aromatic nitrogens is 5. The lowest BCUT2D eigenvalue weighted by Gasteiger charge is -2.22. The van der Waals surface area contributed by atoms with Crippen LogP contribution in [0.1, 0.15) is 178 Å². The highest BCUT2D eigenvalue weighted by Gasteiger charge is 2.30. The second kappa shape index (κ2) is 34.8. The van der Waals surface area contributed by atoms with Crippen molar-refractivity contribution in [1.82, 2.24) is 0 Å². The van der Waals surface area contributed by atoms with E-state index >= 15 is 0 Å². The van der Waals surface area contributed by atoms with Gasteiger partial charge in [-0.2, -0.15) is 22.8 Å². The van der Waals surface area contributed by atoms with Crippen LogP contribution in [0, 0.1) is 140 Å². The highest BCUT2D eigenvalue weighted by atomic mass is 19.1. The molecule has 0 bridgehead atoms. The van der Waals surface area contributed by atoms with E-state index in [1.807, 2.05) is 42.5 Å². The maximum Gasteiger partial charge on any atom is 0.220 e. The van der Waals surface area contributed by atoms with Crippen LogP contribution in [0.4, 0.5) is 22.0 Å². The lowest BCUT2D eigenvalue weighted by molar-refractivity contribution is -0.665. The molecular weight excluding hydrogens is 1460 g/mol. The Labute approximate surface area is 697 Å². The van der Waals surface area contributed by atoms with Gasteiger partial charge in [-0.3, -0.25) is 0 Å². The number of hydrogen-bond acceptors (Lipinski definition) is 0. The Morgan fingerprint density at radius 1 is 0.288 bits per heavy atom. The molecule has 0 radical (unpaired) electrons. The minimum absolute atomic E-state index is 0.0809. The first-order chi connectivity index (χ1) is 55.7. The average molecular weight is 1580 g/mol. The summed E-state index contributed by atoms with van der Waals surface area (Å²) in [5, 5.41) is 10.2. The van der Waals surface area contributed by atoms with Gasteiger partial charge in [0.2, 0.25) is 28.5 Å². The molecule has 16 rings (SSSR count). The van der Waals surface area contributed by atoms with Crippen molar-refractivity contribution in [3.05, 3.63) is 324 Å². The Bertz CT molecular complexity index is 6470. The van der Waals surface area contributed by atoms with Crippen LogP contribution in [0.25, 0.3) is 110 Å². The number of hydrogen-bond donors (Lipinski definition) is 0. The van der Waals surface area contributed by atoms with Crippen molar-refractivity contribution in [2.75, 3.05) is 0 Å². The van der Waals surface area contributed by atoms with Crippen molar-refractivity contribution in [2.45, 2.75) is 188 Å². The molecule has 5 aromatic heterocycles. The zero-order valence-electron chi connectivity index (χ0n) is 74.5. The van der Waals surface area contributed by atoms with Gasteiger partial charge in [0.1, 0.15) is 64.3 Å². The molecule has 0 saturated heterocycles. The maximum absolute atomic E-state index is 13.8. The monoisotopic (exact) mass is 1580 g/mol. The Hall–Kier alpha value is -11.1. The standard InChI is InChI=1S/C24H27FN.C23H27FN.C22H25FN.C20H21FN.C19H19FN/c1-15-11-19(18-7-5-6-8-18)14-23(17(15)3)24-22-10-9-21(25)13-20(22)12-16(2)26(24)4;1-14-10-18(23(4,5)6)13-21(16(14)3)22-20-9-8-19(24)12-17(20)11-15(2)25(22)7;1-13(2)17-9-14(3)16(5)21(12-17)22-20-8-7-19(23)11-18(20)10-15(4)24(22)6;1-12-8-13(2)15(4)19(9-12)20-18-7-6-17(21)11-16(18)10-14(3)22(20)5;1-12-5-6-13(2)18(9-12)19-17-8-7-16(20)11-15(17)10-14(3)21(19)4/h9-14,18H,5-8H2,1-4H3;8-13H,1-7H3;7-13H,1-6H3;6-11H,1-5H3;5-11H,1-4H3/q5*+1. The predicted octanol–water partition coefficient (Wildman–Crippen LogP) is 26.4. The number of nitrogens with zero attached hydrogens (tertiary/aromatic N) is 5. The quantitative estimate of drug-likeness (QED) is 0.112. The van der Waals surface area contributed by atoms with E-state index < -0.39 is 0 Å². The van der Waals surface area contributed by atoms with Gasteiger partial charge in [-0.15, -0.1) is 0 Å². The summed E-state index contributed by atoms with van der Waals surface area (Å²) in [5.74, 6) is 0.221. The van der Waals surface area contributed by atoms with Gasteiger partial charge in [-0.25, -0.2) is 22.0 Å². The molecule has 10 aromatic carbocycles. The second-order valence-electron chi connectivity index (χ2n) is 35.1. The van der Waals surface area contributed by atoms with Crippen LogP contribution >= 0.6 is 0 Å². The summed E-state index contributed by atoms with van der Waals surface area (Å²) in [6, 6.07) is 60.5. The van der Waals surface area contributed by atoms with Crippen LogP contribution in [0.2, 0.25) is 0 Å². The lowest BCUT2D eigenvalue weighted by atomic mass is 9.83. The fraction of sp³-hybridized carbons (Fsp3) is 0.306. The first-order valence-electron chi connectivity index (χ1n) is 41.6. The molecule has 1 aliphatic carbocycles. The van der Waals surface area contributed by atoms with Crippen molar-refractivity contribution in [1.29, 1.82) is 0 Å². The topological polar surface area (TPSA) is 19.4 Å². The third-order valence-corrected chi connectivity index (χ3v) is 25.4. The molecule has 1 aliphatic rings. The van der Waals surface area contributed by atoms with Gasteiger partial charge in [0.05, 0.1) is 49.2 Å². The fourth-order valence-electron chi connectivity index (χ4n) is 17.3. The SMILES string of the molecule is Cc1cc(C(C)(C)C)cc(-c2c3ccc(F)cc3cc(C)[n+]2C)c1C.Cc1cc(C(C)C)cc(-c2c3ccc(F)cc3cc(C)[n+]2C)c1C.Cc1cc(C)c(C)c(-c2c3ccc(F)cc3cc(C)[n+]2C)c1.Cc1cc(C2CCCC2)cc(-c2c3ccc(F)cc3cc(C)[n+]2C)c1C.Cc1ccc(C)c(-c2c3ccc(F)cc3cc(C)[n+]2C)c1. The largest absolute Gasteiger partial charge is 0.220 e. The Balaban J connectivity index is 0.000000136. The molecule has 0 atom stereocenters. The van der Waals surface area contributed by atoms with Crippen LogP contribution in [0.15, 0.2) is 188 Å². The molecule has 0 N–H and O–H groups in total. The van der Waals surface area contributed by atoms with E-state index in [-0.39, 0.29) is 34.5 Å². The number of aryl methyl sites for hydroxylation is 12. The van der Waals surface area contributed by atoms with Crippen molar-refractivity contribution < 1.29 is 44.8 Å². The highest BCUT2D eigenvalue weighted by molar-refractivity contribution is 5.98. The van der Waals surface area contributed by atoms with Gasteiger partial charge in [0, 0.05) is 70.5 Å². The Morgan fingerprint density at radius 3 is 0.932 bits per heavy atom. The average Bonchev–Trinajstić information content (AvgIpc) is 0.947. The molecule has 0 spiro atoms. The van der Waals surface area contributed by atoms with E-state index in [1.54, 1.807) is 54.6 Å². The van der Waals surface area contributed by atoms with Crippen LogP contribution in [-0.2, 0) is 40.7 Å². The highest BCUT2D eigenvalue weighted by Crippen LogP contribution is 2.42. The first kappa shape index (κ1) is 86.2. The third kappa shape index (κ3) is 17.8. The zero-order chi connectivity index (χ0) is 85.7. The van der Waals surface area contributed by atoms with Gasteiger partial charge >= 0.3 is 0 Å². The van der Waals surface area contributed by atoms with Crippen molar-refractivity contribution >= 4 is 53.9 Å². The lowest BCUT2D eigenvalue weighted by Crippen LogP contribution is -2.35. The van der Waals surface area contributed by atoms with Crippen molar-refractivity contribution in [2.24, 2.45) is 35.2 Å². The molecule has 0 unspecified atom stereocenters.